The molecule has 0 aliphatic heterocycles. The molecule has 0 radical (unpaired) electrons. The number of carbonyl (C=O) groups excluding carboxylic acids is 1. The van der Waals surface area contributed by atoms with Crippen LogP contribution in [0.25, 0.3) is 17.0 Å². The SMILES string of the molecule is O=C(C=Cc1cnc2ccccc2c1)NO. The van der Waals surface area contributed by atoms with Crippen LogP contribution in [-0.2, 0) is 4.79 Å². The van der Waals surface area contributed by atoms with Crippen LogP contribution in [0.2, 0.25) is 0 Å². The summed E-state index contributed by atoms with van der Waals surface area (Å²) in [6.07, 6.45) is 4.50. The van der Waals surface area contributed by atoms with Gasteiger partial charge in [0.1, 0.15) is 0 Å². The molecule has 80 valence electrons. The molecule has 0 aliphatic rings. The van der Waals surface area contributed by atoms with Gasteiger partial charge < -0.3 is 0 Å². The van der Waals surface area contributed by atoms with E-state index in [1.165, 1.54) is 11.6 Å². The summed E-state index contributed by atoms with van der Waals surface area (Å²) in [5.74, 6) is -0.562. The summed E-state index contributed by atoms with van der Waals surface area (Å²) in [6.45, 7) is 0. The Balaban J connectivity index is 2.33. The number of para-hydroxylation sites is 1. The third-order valence-corrected chi connectivity index (χ3v) is 2.15. The fourth-order valence-corrected chi connectivity index (χ4v) is 1.39. The number of hydroxylamine groups is 1. The van der Waals surface area contributed by atoms with Crippen LogP contribution in [0.4, 0.5) is 0 Å². The van der Waals surface area contributed by atoms with Gasteiger partial charge in [-0.1, -0.05) is 18.2 Å². The summed E-state index contributed by atoms with van der Waals surface area (Å²) < 4.78 is 0. The van der Waals surface area contributed by atoms with Crippen molar-refractivity contribution in [3.63, 3.8) is 0 Å². The Morgan fingerprint density at radius 3 is 3.00 bits per heavy atom. The molecule has 0 saturated carbocycles. The molecule has 1 aromatic carbocycles. The van der Waals surface area contributed by atoms with Crippen molar-refractivity contribution >= 4 is 22.9 Å². The van der Waals surface area contributed by atoms with Crippen molar-refractivity contribution in [2.45, 2.75) is 0 Å². The van der Waals surface area contributed by atoms with E-state index in [0.29, 0.717) is 0 Å². The molecule has 1 amide bonds. The molecule has 0 bridgehead atoms. The Morgan fingerprint density at radius 1 is 1.38 bits per heavy atom. The Hall–Kier alpha value is -2.20. The minimum absolute atomic E-state index is 0.562. The van der Waals surface area contributed by atoms with Gasteiger partial charge >= 0.3 is 0 Å². The maximum atomic E-state index is 10.8. The maximum Gasteiger partial charge on any atom is 0.267 e. The lowest BCUT2D eigenvalue weighted by Gasteiger charge is -1.97. The summed E-state index contributed by atoms with van der Waals surface area (Å²) in [7, 11) is 0. The van der Waals surface area contributed by atoms with Crippen LogP contribution in [0, 0.1) is 0 Å². The molecule has 1 heterocycles. The van der Waals surface area contributed by atoms with Crippen molar-refractivity contribution in [2.24, 2.45) is 0 Å². The van der Waals surface area contributed by atoms with Gasteiger partial charge in [-0.2, -0.15) is 0 Å². The van der Waals surface area contributed by atoms with Crippen LogP contribution in [0.1, 0.15) is 5.56 Å². The van der Waals surface area contributed by atoms with E-state index in [2.05, 4.69) is 4.98 Å². The molecule has 16 heavy (non-hydrogen) atoms. The van der Waals surface area contributed by atoms with Crippen molar-refractivity contribution in [3.8, 4) is 0 Å². The second-order valence-electron chi connectivity index (χ2n) is 3.27. The van der Waals surface area contributed by atoms with Gasteiger partial charge in [-0.25, -0.2) is 5.48 Å². The third kappa shape index (κ3) is 2.24. The highest BCUT2D eigenvalue weighted by atomic mass is 16.5. The Morgan fingerprint density at radius 2 is 2.19 bits per heavy atom. The van der Waals surface area contributed by atoms with Crippen LogP contribution in [0.5, 0.6) is 0 Å². The van der Waals surface area contributed by atoms with Gasteiger partial charge in [-0.15, -0.1) is 0 Å². The molecule has 0 unspecified atom stereocenters. The first-order chi connectivity index (χ1) is 7.79. The predicted molar refractivity (Wildman–Crippen MR) is 60.7 cm³/mol. The van der Waals surface area contributed by atoms with Gasteiger partial charge in [0.05, 0.1) is 5.52 Å². The summed E-state index contributed by atoms with van der Waals surface area (Å²) in [6, 6.07) is 9.64. The van der Waals surface area contributed by atoms with Crippen LogP contribution < -0.4 is 5.48 Å². The van der Waals surface area contributed by atoms with Crippen LogP contribution in [0.15, 0.2) is 42.6 Å². The van der Waals surface area contributed by atoms with Crippen LogP contribution >= 0.6 is 0 Å². The van der Waals surface area contributed by atoms with Gasteiger partial charge in [0.25, 0.3) is 5.91 Å². The molecule has 0 atom stereocenters. The average molecular weight is 214 g/mol. The number of nitrogens with zero attached hydrogens (tertiary/aromatic N) is 1. The van der Waals surface area contributed by atoms with E-state index >= 15 is 0 Å². The molecule has 2 rings (SSSR count). The average Bonchev–Trinajstić information content (AvgIpc) is 2.35. The molecule has 2 aromatic rings. The monoisotopic (exact) mass is 214 g/mol. The third-order valence-electron chi connectivity index (χ3n) is 2.15. The van der Waals surface area contributed by atoms with Crippen LogP contribution in [-0.4, -0.2) is 16.1 Å². The lowest BCUT2D eigenvalue weighted by Crippen LogP contribution is -2.14. The topological polar surface area (TPSA) is 62.2 Å². The first kappa shape index (κ1) is 10.3. The minimum Gasteiger partial charge on any atom is -0.288 e. The minimum atomic E-state index is -0.562. The number of benzene rings is 1. The molecular formula is C12H10N2O2. The standard InChI is InChI=1S/C12H10N2O2/c15-12(14-16)6-5-9-7-10-3-1-2-4-11(10)13-8-9/h1-8,16H,(H,14,15). The van der Waals surface area contributed by atoms with Crippen molar-refractivity contribution in [1.29, 1.82) is 0 Å². The van der Waals surface area contributed by atoms with E-state index in [-0.39, 0.29) is 0 Å². The fourth-order valence-electron chi connectivity index (χ4n) is 1.39. The number of rotatable bonds is 2. The molecule has 0 saturated heterocycles. The van der Waals surface area contributed by atoms with E-state index in [4.69, 9.17) is 5.21 Å². The first-order valence-corrected chi connectivity index (χ1v) is 4.76. The van der Waals surface area contributed by atoms with Gasteiger partial charge in [0.2, 0.25) is 0 Å². The number of hydrogen-bond acceptors (Lipinski definition) is 3. The van der Waals surface area contributed by atoms with Gasteiger partial charge in [-0.3, -0.25) is 15.0 Å². The zero-order chi connectivity index (χ0) is 11.4. The number of nitrogens with one attached hydrogen (secondary N) is 1. The van der Waals surface area contributed by atoms with E-state index in [9.17, 15) is 4.79 Å². The molecule has 4 heteroatoms. The molecule has 0 aliphatic carbocycles. The highest BCUT2D eigenvalue weighted by Gasteiger charge is 1.95. The largest absolute Gasteiger partial charge is 0.288 e. The van der Waals surface area contributed by atoms with Crippen molar-refractivity contribution in [2.75, 3.05) is 0 Å². The Bertz CT molecular complexity index is 549. The van der Waals surface area contributed by atoms with Gasteiger partial charge in [-0.05, 0) is 23.8 Å². The van der Waals surface area contributed by atoms with Crippen molar-refractivity contribution in [3.05, 3.63) is 48.2 Å². The zero-order valence-corrected chi connectivity index (χ0v) is 8.42. The molecule has 0 fully saturated rings. The summed E-state index contributed by atoms with van der Waals surface area (Å²) in [4.78, 5) is 15.0. The summed E-state index contributed by atoms with van der Waals surface area (Å²) in [5, 5.41) is 9.33. The molecule has 2 N–H and O–H groups in total. The second-order valence-corrected chi connectivity index (χ2v) is 3.27. The smallest absolute Gasteiger partial charge is 0.267 e. The van der Waals surface area contributed by atoms with Crippen LogP contribution in [0.3, 0.4) is 0 Å². The fraction of sp³-hybridized carbons (Fsp3) is 0. The Kier molecular flexibility index (Phi) is 2.93. The van der Waals surface area contributed by atoms with E-state index < -0.39 is 5.91 Å². The highest BCUT2D eigenvalue weighted by Crippen LogP contribution is 2.13. The lowest BCUT2D eigenvalue weighted by atomic mass is 10.1. The lowest BCUT2D eigenvalue weighted by molar-refractivity contribution is -0.124. The summed E-state index contributed by atoms with van der Waals surface area (Å²) in [5.41, 5.74) is 3.24. The van der Waals surface area contributed by atoms with E-state index in [1.807, 2.05) is 30.3 Å². The molecule has 1 aromatic heterocycles. The van der Waals surface area contributed by atoms with E-state index in [1.54, 1.807) is 12.3 Å². The highest BCUT2D eigenvalue weighted by molar-refractivity contribution is 5.91. The van der Waals surface area contributed by atoms with Gasteiger partial charge in [0, 0.05) is 17.7 Å². The number of amides is 1. The number of fused-ring (bicyclic) bond motifs is 1. The number of hydrogen-bond donors (Lipinski definition) is 2. The van der Waals surface area contributed by atoms with Crippen molar-refractivity contribution in [1.82, 2.24) is 10.5 Å². The maximum absolute atomic E-state index is 10.8. The van der Waals surface area contributed by atoms with E-state index in [0.717, 1.165) is 16.5 Å². The molecule has 0 spiro atoms. The Labute approximate surface area is 92.2 Å². The molecular weight excluding hydrogens is 204 g/mol. The first-order valence-electron chi connectivity index (χ1n) is 4.76. The number of pyridine rings is 1. The van der Waals surface area contributed by atoms with Gasteiger partial charge in [0.15, 0.2) is 0 Å². The number of aromatic nitrogens is 1. The zero-order valence-electron chi connectivity index (χ0n) is 8.42. The van der Waals surface area contributed by atoms with Crippen molar-refractivity contribution < 1.29 is 10.0 Å². The normalized spacial score (nSPS) is 10.8. The predicted octanol–water partition coefficient (Wildman–Crippen LogP) is 1.75. The quantitative estimate of drug-likeness (QED) is 0.455. The summed E-state index contributed by atoms with van der Waals surface area (Å²) >= 11 is 0. The second kappa shape index (κ2) is 4.55. The number of carbonyl (C=O) groups is 1. The molecule has 4 nitrogen and oxygen atoms in total.